The van der Waals surface area contributed by atoms with Crippen LogP contribution in [-0.2, 0) is 20.6 Å². The van der Waals surface area contributed by atoms with Crippen molar-refractivity contribution < 1.29 is 17.6 Å². The van der Waals surface area contributed by atoms with Gasteiger partial charge in [0.05, 0.1) is 16.7 Å². The standard InChI is InChI=1S/C13H16ClFN2O3S/c1-8-5-17(6-10(8)13(16)18)21(19,20)7-9-2-3-12(15)11(14)4-9/h2-4,8,10H,5-7H2,1H3,(H2,16,18)/t8-,10-/m1/s1. The van der Waals surface area contributed by atoms with Crippen molar-refractivity contribution in [3.63, 3.8) is 0 Å². The minimum absolute atomic E-state index is 0.0910. The van der Waals surface area contributed by atoms with Gasteiger partial charge in [-0.2, -0.15) is 0 Å². The zero-order chi connectivity index (χ0) is 15.8. The molecule has 0 saturated carbocycles. The molecule has 1 aromatic rings. The van der Waals surface area contributed by atoms with Gasteiger partial charge < -0.3 is 5.73 Å². The molecule has 21 heavy (non-hydrogen) atoms. The van der Waals surface area contributed by atoms with Crippen LogP contribution in [0.2, 0.25) is 5.02 Å². The van der Waals surface area contributed by atoms with E-state index in [2.05, 4.69) is 0 Å². The highest BCUT2D eigenvalue weighted by Gasteiger charge is 2.39. The SMILES string of the molecule is C[C@@H]1CN(S(=O)(=O)Cc2ccc(F)c(Cl)c2)C[C@H]1C(N)=O. The van der Waals surface area contributed by atoms with Crippen molar-refractivity contribution in [2.24, 2.45) is 17.6 Å². The quantitative estimate of drug-likeness (QED) is 0.902. The van der Waals surface area contributed by atoms with Crippen LogP contribution in [0, 0.1) is 17.7 Å². The highest BCUT2D eigenvalue weighted by molar-refractivity contribution is 7.88. The molecule has 2 atom stereocenters. The third-order valence-corrected chi connectivity index (χ3v) is 5.74. The van der Waals surface area contributed by atoms with Gasteiger partial charge in [0.2, 0.25) is 15.9 Å². The topological polar surface area (TPSA) is 80.5 Å². The molecule has 0 aliphatic carbocycles. The molecule has 2 rings (SSSR count). The number of nitrogens with zero attached hydrogens (tertiary/aromatic N) is 1. The van der Waals surface area contributed by atoms with E-state index in [0.29, 0.717) is 5.56 Å². The van der Waals surface area contributed by atoms with E-state index >= 15 is 0 Å². The Kier molecular flexibility index (Phi) is 4.55. The summed E-state index contributed by atoms with van der Waals surface area (Å²) in [6.45, 7) is 2.14. The van der Waals surface area contributed by atoms with E-state index in [1.807, 2.05) is 0 Å². The van der Waals surface area contributed by atoms with Crippen LogP contribution in [0.4, 0.5) is 4.39 Å². The van der Waals surface area contributed by atoms with Crippen molar-refractivity contribution in [1.82, 2.24) is 4.31 Å². The number of amides is 1. The first-order valence-corrected chi connectivity index (χ1v) is 8.40. The Bertz CT molecular complexity index is 665. The molecule has 0 spiro atoms. The first-order chi connectivity index (χ1) is 9.70. The Morgan fingerprint density at radius 2 is 2.14 bits per heavy atom. The number of halogens is 2. The van der Waals surface area contributed by atoms with Gasteiger partial charge in [0.15, 0.2) is 0 Å². The fourth-order valence-corrected chi connectivity index (χ4v) is 4.29. The van der Waals surface area contributed by atoms with Crippen LogP contribution < -0.4 is 5.73 Å². The summed E-state index contributed by atoms with van der Waals surface area (Å²) in [6.07, 6.45) is 0. The second kappa shape index (κ2) is 5.90. The number of carbonyl (C=O) groups is 1. The molecule has 1 amide bonds. The van der Waals surface area contributed by atoms with Crippen LogP contribution in [0.25, 0.3) is 0 Å². The van der Waals surface area contributed by atoms with E-state index in [4.69, 9.17) is 17.3 Å². The maximum atomic E-state index is 13.1. The number of rotatable bonds is 4. The molecule has 1 aliphatic rings. The molecule has 1 aliphatic heterocycles. The summed E-state index contributed by atoms with van der Waals surface area (Å²) >= 11 is 5.65. The summed E-state index contributed by atoms with van der Waals surface area (Å²) in [4.78, 5) is 11.3. The van der Waals surface area contributed by atoms with Gasteiger partial charge in [-0.3, -0.25) is 4.79 Å². The molecule has 0 radical (unpaired) electrons. The van der Waals surface area contributed by atoms with Gasteiger partial charge in [-0.1, -0.05) is 24.6 Å². The first-order valence-electron chi connectivity index (χ1n) is 6.42. The lowest BCUT2D eigenvalue weighted by molar-refractivity contribution is -0.122. The van der Waals surface area contributed by atoms with Crippen molar-refractivity contribution in [2.45, 2.75) is 12.7 Å². The summed E-state index contributed by atoms with van der Waals surface area (Å²) in [6, 6.07) is 3.80. The average molecular weight is 335 g/mol. The lowest BCUT2D eigenvalue weighted by Gasteiger charge is -2.16. The van der Waals surface area contributed by atoms with Crippen LogP contribution in [0.5, 0.6) is 0 Å². The molecule has 8 heteroatoms. The van der Waals surface area contributed by atoms with Gasteiger partial charge >= 0.3 is 0 Å². The highest BCUT2D eigenvalue weighted by atomic mass is 35.5. The second-order valence-corrected chi connectivity index (χ2v) is 7.68. The molecule has 0 bridgehead atoms. The maximum absolute atomic E-state index is 13.1. The van der Waals surface area contributed by atoms with Crippen LogP contribution in [0.15, 0.2) is 18.2 Å². The molecule has 116 valence electrons. The third-order valence-electron chi connectivity index (χ3n) is 3.67. The summed E-state index contributed by atoms with van der Waals surface area (Å²) < 4.78 is 39.0. The predicted molar refractivity (Wildman–Crippen MR) is 77.5 cm³/mol. The minimum Gasteiger partial charge on any atom is -0.369 e. The average Bonchev–Trinajstić information content (AvgIpc) is 2.77. The summed E-state index contributed by atoms with van der Waals surface area (Å²) in [7, 11) is -3.60. The molecule has 5 nitrogen and oxygen atoms in total. The highest BCUT2D eigenvalue weighted by Crippen LogP contribution is 2.27. The number of benzene rings is 1. The minimum atomic E-state index is -3.60. The van der Waals surface area contributed by atoms with Crippen LogP contribution >= 0.6 is 11.6 Å². The van der Waals surface area contributed by atoms with Crippen molar-refractivity contribution in [1.29, 1.82) is 0 Å². The van der Waals surface area contributed by atoms with Crippen LogP contribution in [0.1, 0.15) is 12.5 Å². The largest absolute Gasteiger partial charge is 0.369 e. The van der Waals surface area contributed by atoms with Crippen LogP contribution in [0.3, 0.4) is 0 Å². The van der Waals surface area contributed by atoms with E-state index in [0.717, 1.165) is 6.07 Å². The summed E-state index contributed by atoms with van der Waals surface area (Å²) in [5.74, 6) is -1.97. The van der Waals surface area contributed by atoms with Gasteiger partial charge in [0.25, 0.3) is 0 Å². The van der Waals surface area contributed by atoms with E-state index in [1.54, 1.807) is 6.92 Å². The van der Waals surface area contributed by atoms with Crippen LogP contribution in [-0.4, -0.2) is 31.7 Å². The summed E-state index contributed by atoms with van der Waals surface area (Å²) in [5.41, 5.74) is 5.66. The maximum Gasteiger partial charge on any atom is 0.222 e. The van der Waals surface area contributed by atoms with Gasteiger partial charge in [-0.05, 0) is 23.6 Å². The smallest absolute Gasteiger partial charge is 0.222 e. The Balaban J connectivity index is 2.16. The molecule has 0 aromatic heterocycles. The van der Waals surface area contributed by atoms with E-state index in [9.17, 15) is 17.6 Å². The Morgan fingerprint density at radius 1 is 1.48 bits per heavy atom. The molecule has 1 fully saturated rings. The molecule has 2 N–H and O–H groups in total. The Hall–Kier alpha value is -1.18. The fraction of sp³-hybridized carbons (Fsp3) is 0.462. The third kappa shape index (κ3) is 3.53. The van der Waals surface area contributed by atoms with E-state index < -0.39 is 27.7 Å². The van der Waals surface area contributed by atoms with Crippen molar-refractivity contribution in [3.8, 4) is 0 Å². The first kappa shape index (κ1) is 16.2. The normalized spacial score (nSPS) is 23.4. The number of nitrogens with two attached hydrogens (primary N) is 1. The number of carbonyl (C=O) groups excluding carboxylic acids is 1. The Labute approximate surface area is 127 Å². The molecule has 0 unspecified atom stereocenters. The number of primary amides is 1. The zero-order valence-electron chi connectivity index (χ0n) is 11.4. The number of hydrogen-bond donors (Lipinski definition) is 1. The van der Waals surface area contributed by atoms with Gasteiger partial charge in [-0.25, -0.2) is 17.1 Å². The second-order valence-electron chi connectivity index (χ2n) is 5.31. The molecule has 1 heterocycles. The summed E-state index contributed by atoms with van der Waals surface area (Å²) in [5, 5.41) is -0.118. The Morgan fingerprint density at radius 3 is 2.67 bits per heavy atom. The lowest BCUT2D eigenvalue weighted by atomic mass is 9.98. The van der Waals surface area contributed by atoms with E-state index in [1.165, 1.54) is 16.4 Å². The van der Waals surface area contributed by atoms with Gasteiger partial charge in [-0.15, -0.1) is 0 Å². The fourth-order valence-electron chi connectivity index (χ4n) is 2.45. The van der Waals surface area contributed by atoms with Gasteiger partial charge in [0.1, 0.15) is 5.82 Å². The monoisotopic (exact) mass is 334 g/mol. The van der Waals surface area contributed by atoms with E-state index in [-0.39, 0.29) is 29.8 Å². The molecule has 1 saturated heterocycles. The van der Waals surface area contributed by atoms with Crippen molar-refractivity contribution in [2.75, 3.05) is 13.1 Å². The lowest BCUT2D eigenvalue weighted by Crippen LogP contribution is -2.32. The molecular weight excluding hydrogens is 319 g/mol. The van der Waals surface area contributed by atoms with Crippen molar-refractivity contribution >= 4 is 27.5 Å². The number of hydrogen-bond acceptors (Lipinski definition) is 3. The number of sulfonamides is 1. The van der Waals surface area contributed by atoms with Gasteiger partial charge in [0, 0.05) is 13.1 Å². The zero-order valence-corrected chi connectivity index (χ0v) is 13.0. The predicted octanol–water partition coefficient (Wildman–Crippen LogP) is 1.36. The molecular formula is C13H16ClFN2O3S. The molecule has 1 aromatic carbocycles. The van der Waals surface area contributed by atoms with Crippen molar-refractivity contribution in [3.05, 3.63) is 34.6 Å².